The van der Waals surface area contributed by atoms with E-state index in [0.29, 0.717) is 5.78 Å². The Labute approximate surface area is 93.0 Å². The second kappa shape index (κ2) is 6.49. The molecule has 0 aliphatic carbocycles. The molecule has 0 saturated carbocycles. The number of hydrogen-bond donors (Lipinski definition) is 0. The molecule has 0 aliphatic rings. The van der Waals surface area contributed by atoms with Gasteiger partial charge in [0.2, 0.25) is 0 Å². The van der Waals surface area contributed by atoms with Crippen molar-refractivity contribution in [2.24, 2.45) is 5.92 Å². The Morgan fingerprint density at radius 3 is 2.29 bits per heavy atom. The van der Waals surface area contributed by atoms with Crippen molar-refractivity contribution in [1.82, 2.24) is 0 Å². The first-order chi connectivity index (χ1) is 6.41. The lowest BCUT2D eigenvalue weighted by Crippen LogP contribution is -2.32. The molecule has 14 heavy (non-hydrogen) atoms. The molecule has 0 bridgehead atoms. The number of rotatable bonds is 7. The number of carbonyl (C=O) groups is 1. The van der Waals surface area contributed by atoms with E-state index in [0.717, 1.165) is 5.75 Å². The summed E-state index contributed by atoms with van der Waals surface area (Å²) in [6, 6.07) is 0. The molecular weight excluding hydrogens is 192 g/mol. The van der Waals surface area contributed by atoms with E-state index in [4.69, 9.17) is 0 Å². The zero-order valence-corrected chi connectivity index (χ0v) is 11.0. The Hall–Kier alpha value is 0.0200. The smallest absolute Gasteiger partial charge is 0.150 e. The van der Waals surface area contributed by atoms with Crippen molar-refractivity contribution in [3.05, 3.63) is 0 Å². The monoisotopic (exact) mass is 216 g/mol. The van der Waals surface area contributed by atoms with Crippen molar-refractivity contribution in [2.75, 3.05) is 5.75 Å². The van der Waals surface area contributed by atoms with Crippen molar-refractivity contribution in [3.63, 3.8) is 0 Å². The lowest BCUT2D eigenvalue weighted by molar-refractivity contribution is -0.123. The van der Waals surface area contributed by atoms with Gasteiger partial charge in [-0.05, 0) is 26.0 Å². The Bertz CT molecular complexity index is 173. The van der Waals surface area contributed by atoms with E-state index in [-0.39, 0.29) is 10.7 Å². The summed E-state index contributed by atoms with van der Waals surface area (Å²) in [6.45, 7) is 10.3. The van der Waals surface area contributed by atoms with E-state index in [2.05, 4.69) is 6.92 Å². The molecule has 84 valence electrons. The Morgan fingerprint density at radius 1 is 1.29 bits per heavy atom. The first kappa shape index (κ1) is 14.0. The maximum Gasteiger partial charge on any atom is 0.150 e. The maximum absolute atomic E-state index is 11.8. The average Bonchev–Trinajstić information content (AvgIpc) is 2.11. The second-order valence-electron chi connectivity index (χ2n) is 4.58. The molecule has 0 saturated heterocycles. The zero-order chi connectivity index (χ0) is 11.2. The van der Waals surface area contributed by atoms with Gasteiger partial charge in [0.1, 0.15) is 0 Å². The van der Waals surface area contributed by atoms with E-state index in [1.165, 1.54) is 19.3 Å². The van der Waals surface area contributed by atoms with Gasteiger partial charge in [-0.15, -0.1) is 11.8 Å². The zero-order valence-electron chi connectivity index (χ0n) is 10.2. The quantitative estimate of drug-likeness (QED) is 0.600. The van der Waals surface area contributed by atoms with Crippen LogP contribution in [0.4, 0.5) is 0 Å². The summed E-state index contributed by atoms with van der Waals surface area (Å²) in [5.41, 5.74) is 0. The van der Waals surface area contributed by atoms with E-state index < -0.39 is 0 Å². The van der Waals surface area contributed by atoms with Crippen LogP contribution in [0.5, 0.6) is 0 Å². The molecule has 0 amide bonds. The van der Waals surface area contributed by atoms with Gasteiger partial charge in [-0.3, -0.25) is 4.79 Å². The Balaban J connectivity index is 3.88. The minimum Gasteiger partial charge on any atom is -0.298 e. The van der Waals surface area contributed by atoms with Crippen LogP contribution in [0.25, 0.3) is 0 Å². The maximum atomic E-state index is 11.8. The van der Waals surface area contributed by atoms with Gasteiger partial charge in [0, 0.05) is 5.92 Å². The van der Waals surface area contributed by atoms with Crippen LogP contribution >= 0.6 is 11.8 Å². The summed E-state index contributed by atoms with van der Waals surface area (Å²) in [6.07, 6.45) is 3.76. The molecule has 0 aromatic carbocycles. The number of carbonyl (C=O) groups excluding carboxylic acids is 1. The normalized spacial score (nSPS) is 12.1. The van der Waals surface area contributed by atoms with Gasteiger partial charge in [0.25, 0.3) is 0 Å². The molecule has 0 spiro atoms. The highest BCUT2D eigenvalue weighted by Crippen LogP contribution is 2.29. The summed E-state index contributed by atoms with van der Waals surface area (Å²) in [7, 11) is 0. The second-order valence-corrected chi connectivity index (χ2v) is 6.30. The van der Waals surface area contributed by atoms with Crippen LogP contribution in [0.1, 0.15) is 53.9 Å². The van der Waals surface area contributed by atoms with Crippen LogP contribution in [-0.2, 0) is 4.79 Å². The van der Waals surface area contributed by atoms with Gasteiger partial charge in [-0.2, -0.15) is 0 Å². The summed E-state index contributed by atoms with van der Waals surface area (Å²) in [5.74, 6) is 1.64. The molecule has 0 aromatic rings. The highest BCUT2D eigenvalue weighted by molar-refractivity contribution is 8.01. The predicted molar refractivity (Wildman–Crippen MR) is 65.9 cm³/mol. The third kappa shape index (κ3) is 5.04. The fourth-order valence-corrected chi connectivity index (χ4v) is 2.68. The molecule has 0 N–H and O–H groups in total. The molecule has 0 aromatic heterocycles. The average molecular weight is 216 g/mol. The van der Waals surface area contributed by atoms with Gasteiger partial charge >= 0.3 is 0 Å². The van der Waals surface area contributed by atoms with Gasteiger partial charge in [-0.1, -0.05) is 33.6 Å². The van der Waals surface area contributed by atoms with Crippen molar-refractivity contribution in [1.29, 1.82) is 0 Å². The summed E-state index contributed by atoms with van der Waals surface area (Å²) in [4.78, 5) is 11.8. The molecule has 0 aliphatic heterocycles. The number of Topliss-reactive ketones (excluding diaryl/α,β-unsaturated/α-hetero) is 1. The minimum atomic E-state index is -0.193. The minimum absolute atomic E-state index is 0.156. The molecule has 0 heterocycles. The lowest BCUT2D eigenvalue weighted by atomic mass is 9.98. The fourth-order valence-electron chi connectivity index (χ4n) is 1.45. The molecule has 0 unspecified atom stereocenters. The van der Waals surface area contributed by atoms with Crippen LogP contribution < -0.4 is 0 Å². The van der Waals surface area contributed by atoms with Crippen LogP contribution in [0.3, 0.4) is 0 Å². The van der Waals surface area contributed by atoms with Crippen LogP contribution in [0, 0.1) is 5.92 Å². The number of hydrogen-bond acceptors (Lipinski definition) is 2. The van der Waals surface area contributed by atoms with Crippen LogP contribution in [-0.4, -0.2) is 16.3 Å². The topological polar surface area (TPSA) is 17.1 Å². The van der Waals surface area contributed by atoms with Crippen molar-refractivity contribution >= 4 is 17.5 Å². The standard InChI is InChI=1S/C12H24OS/c1-6-7-8-9-14-12(4,5)11(13)10(2)3/h10H,6-9H2,1-5H3. The molecular formula is C12H24OS. The van der Waals surface area contributed by atoms with E-state index in [1.54, 1.807) is 11.8 Å². The highest BCUT2D eigenvalue weighted by Gasteiger charge is 2.29. The highest BCUT2D eigenvalue weighted by atomic mass is 32.2. The molecule has 0 radical (unpaired) electrons. The summed E-state index contributed by atoms with van der Waals surface area (Å²) < 4.78 is -0.193. The van der Waals surface area contributed by atoms with Crippen LogP contribution in [0.15, 0.2) is 0 Å². The molecule has 0 rings (SSSR count). The first-order valence-corrected chi connectivity index (χ1v) is 6.58. The van der Waals surface area contributed by atoms with Crippen LogP contribution in [0.2, 0.25) is 0 Å². The lowest BCUT2D eigenvalue weighted by Gasteiger charge is -2.24. The van der Waals surface area contributed by atoms with Gasteiger partial charge < -0.3 is 0 Å². The number of ketones is 1. The van der Waals surface area contributed by atoms with Gasteiger partial charge in [0.05, 0.1) is 4.75 Å². The number of unbranched alkanes of at least 4 members (excludes halogenated alkanes) is 2. The summed E-state index contributed by atoms with van der Waals surface area (Å²) in [5, 5.41) is 0. The van der Waals surface area contributed by atoms with E-state index in [9.17, 15) is 4.79 Å². The first-order valence-electron chi connectivity index (χ1n) is 5.60. The van der Waals surface area contributed by atoms with Crippen molar-refractivity contribution < 1.29 is 4.79 Å². The molecule has 0 atom stereocenters. The Kier molecular flexibility index (Phi) is 6.50. The van der Waals surface area contributed by atoms with Crippen molar-refractivity contribution in [2.45, 2.75) is 58.6 Å². The predicted octanol–water partition coefficient (Wildman–Crippen LogP) is 3.91. The molecule has 2 heteroatoms. The molecule has 0 fully saturated rings. The fraction of sp³-hybridized carbons (Fsp3) is 0.917. The van der Waals surface area contributed by atoms with E-state index in [1.807, 2.05) is 27.7 Å². The third-order valence-electron chi connectivity index (χ3n) is 2.33. The van der Waals surface area contributed by atoms with Gasteiger partial charge in [0.15, 0.2) is 5.78 Å². The van der Waals surface area contributed by atoms with Gasteiger partial charge in [-0.25, -0.2) is 0 Å². The third-order valence-corrected chi connectivity index (χ3v) is 3.74. The largest absolute Gasteiger partial charge is 0.298 e. The van der Waals surface area contributed by atoms with Crippen molar-refractivity contribution in [3.8, 4) is 0 Å². The van der Waals surface area contributed by atoms with E-state index >= 15 is 0 Å². The SMILES string of the molecule is CCCCCSC(C)(C)C(=O)C(C)C. The Morgan fingerprint density at radius 2 is 1.86 bits per heavy atom. The molecule has 1 nitrogen and oxygen atoms in total. The number of thioether (sulfide) groups is 1. The summed E-state index contributed by atoms with van der Waals surface area (Å²) >= 11 is 1.81.